The topological polar surface area (TPSA) is 25.8 Å². The monoisotopic (exact) mass is 198 g/mol. The highest BCUT2D eigenvalue weighted by atomic mass is 32.1. The summed E-state index contributed by atoms with van der Waals surface area (Å²) in [7, 11) is 0. The lowest BCUT2D eigenvalue weighted by atomic mass is 10.1. The van der Waals surface area contributed by atoms with Crippen LogP contribution in [-0.2, 0) is 0 Å². The quantitative estimate of drug-likeness (QED) is 0.703. The van der Waals surface area contributed by atoms with E-state index in [0.717, 1.165) is 17.6 Å². The van der Waals surface area contributed by atoms with E-state index in [9.17, 15) is 8.78 Å². The van der Waals surface area contributed by atoms with Gasteiger partial charge in [0.2, 0.25) is 0 Å². The van der Waals surface area contributed by atoms with Gasteiger partial charge in [-0.2, -0.15) is 0 Å². The molecule has 2 rings (SSSR count). The molecule has 0 fully saturated rings. The molecule has 13 heavy (non-hydrogen) atoms. The first-order valence-electron chi connectivity index (χ1n) is 3.50. The van der Waals surface area contributed by atoms with Crippen molar-refractivity contribution in [1.82, 2.24) is 9.59 Å². The molecule has 0 aliphatic carbocycles. The van der Waals surface area contributed by atoms with Crippen molar-refractivity contribution < 1.29 is 8.78 Å². The Bertz CT molecular complexity index is 414. The molecule has 5 heteroatoms. The second-order valence-electron chi connectivity index (χ2n) is 2.41. The van der Waals surface area contributed by atoms with E-state index < -0.39 is 11.6 Å². The Morgan fingerprint density at radius 1 is 1.23 bits per heavy atom. The molecule has 2 aromatic rings. The Morgan fingerprint density at radius 2 is 2.08 bits per heavy atom. The van der Waals surface area contributed by atoms with Gasteiger partial charge < -0.3 is 0 Å². The van der Waals surface area contributed by atoms with E-state index in [2.05, 4.69) is 9.59 Å². The molecule has 0 unspecified atom stereocenters. The predicted octanol–water partition coefficient (Wildman–Crippen LogP) is 2.48. The molecule has 0 saturated heterocycles. The van der Waals surface area contributed by atoms with E-state index in [1.54, 1.807) is 5.38 Å². The lowest BCUT2D eigenvalue weighted by Crippen LogP contribution is -1.86. The molecule has 1 aromatic carbocycles. The first-order valence-corrected chi connectivity index (χ1v) is 4.33. The average Bonchev–Trinajstić information content (AvgIpc) is 2.56. The van der Waals surface area contributed by atoms with E-state index in [0.29, 0.717) is 5.69 Å². The summed E-state index contributed by atoms with van der Waals surface area (Å²) in [5.74, 6) is -1.21. The summed E-state index contributed by atoms with van der Waals surface area (Å²) in [6.07, 6.45) is 0. The predicted molar refractivity (Wildman–Crippen MR) is 45.3 cm³/mol. The van der Waals surface area contributed by atoms with Gasteiger partial charge in [-0.1, -0.05) is 4.49 Å². The molecule has 0 atom stereocenters. The third-order valence-electron chi connectivity index (χ3n) is 1.57. The summed E-state index contributed by atoms with van der Waals surface area (Å²) in [5.41, 5.74) is 0.706. The zero-order chi connectivity index (χ0) is 9.26. The van der Waals surface area contributed by atoms with Crippen LogP contribution in [0.15, 0.2) is 23.6 Å². The summed E-state index contributed by atoms with van der Waals surface area (Å²) in [4.78, 5) is 0. The normalized spacial score (nSPS) is 10.3. The smallest absolute Gasteiger partial charge is 0.135 e. The van der Waals surface area contributed by atoms with E-state index in [4.69, 9.17) is 0 Å². The number of rotatable bonds is 1. The van der Waals surface area contributed by atoms with E-state index in [-0.39, 0.29) is 5.56 Å². The highest BCUT2D eigenvalue weighted by molar-refractivity contribution is 7.03. The number of halogens is 2. The van der Waals surface area contributed by atoms with Crippen LogP contribution in [0.25, 0.3) is 11.3 Å². The van der Waals surface area contributed by atoms with Crippen molar-refractivity contribution >= 4 is 11.5 Å². The second kappa shape index (κ2) is 3.18. The van der Waals surface area contributed by atoms with Gasteiger partial charge in [-0.25, -0.2) is 8.78 Å². The van der Waals surface area contributed by atoms with Crippen LogP contribution in [0, 0.1) is 11.6 Å². The molecule has 0 bridgehead atoms. The molecule has 0 amide bonds. The molecule has 2 nitrogen and oxygen atoms in total. The van der Waals surface area contributed by atoms with Gasteiger partial charge in [0.25, 0.3) is 0 Å². The van der Waals surface area contributed by atoms with Crippen LogP contribution in [0.3, 0.4) is 0 Å². The number of benzene rings is 1. The lowest BCUT2D eigenvalue weighted by Gasteiger charge is -1.97. The van der Waals surface area contributed by atoms with E-state index >= 15 is 0 Å². The molecule has 0 aliphatic rings. The van der Waals surface area contributed by atoms with Crippen LogP contribution < -0.4 is 0 Å². The lowest BCUT2D eigenvalue weighted by molar-refractivity contribution is 0.585. The number of nitrogens with zero attached hydrogens (tertiary/aromatic N) is 2. The molecule has 0 aliphatic heterocycles. The SMILES string of the molecule is Fc1ccc(-c2csnn2)c(F)c1. The van der Waals surface area contributed by atoms with Crippen LogP contribution in [-0.4, -0.2) is 9.59 Å². The van der Waals surface area contributed by atoms with Crippen molar-refractivity contribution in [3.63, 3.8) is 0 Å². The average molecular weight is 198 g/mol. The summed E-state index contributed by atoms with van der Waals surface area (Å²) in [6.45, 7) is 0. The third kappa shape index (κ3) is 1.55. The first kappa shape index (κ1) is 8.25. The molecular formula is C8H4F2N2S. The summed E-state index contributed by atoms with van der Waals surface area (Å²) < 4.78 is 29.2. The maximum absolute atomic E-state index is 13.1. The van der Waals surface area contributed by atoms with Crippen LogP contribution in [0.5, 0.6) is 0 Å². The van der Waals surface area contributed by atoms with Crippen molar-refractivity contribution in [3.8, 4) is 11.3 Å². The fourth-order valence-electron chi connectivity index (χ4n) is 0.979. The second-order valence-corrected chi connectivity index (χ2v) is 3.02. The van der Waals surface area contributed by atoms with Crippen molar-refractivity contribution in [2.75, 3.05) is 0 Å². The number of hydrogen-bond donors (Lipinski definition) is 0. The Morgan fingerprint density at radius 3 is 2.69 bits per heavy atom. The highest BCUT2D eigenvalue weighted by Crippen LogP contribution is 2.21. The number of aromatic nitrogens is 2. The molecule has 0 N–H and O–H groups in total. The van der Waals surface area contributed by atoms with Crippen LogP contribution in [0.1, 0.15) is 0 Å². The largest absolute Gasteiger partial charge is 0.207 e. The van der Waals surface area contributed by atoms with Gasteiger partial charge in [0.05, 0.1) is 0 Å². The zero-order valence-electron chi connectivity index (χ0n) is 6.37. The summed E-state index contributed by atoms with van der Waals surface area (Å²) >= 11 is 1.13. The van der Waals surface area contributed by atoms with Gasteiger partial charge >= 0.3 is 0 Å². The van der Waals surface area contributed by atoms with Gasteiger partial charge in [0.15, 0.2) is 0 Å². The molecule has 0 saturated carbocycles. The van der Waals surface area contributed by atoms with Gasteiger partial charge in [-0.15, -0.1) is 5.10 Å². The Balaban J connectivity index is 2.53. The van der Waals surface area contributed by atoms with Crippen molar-refractivity contribution in [2.24, 2.45) is 0 Å². The van der Waals surface area contributed by atoms with Gasteiger partial charge in [0.1, 0.15) is 17.3 Å². The fourth-order valence-corrected chi connectivity index (χ4v) is 1.44. The molecule has 0 radical (unpaired) electrons. The standard InChI is InChI=1S/C8H4F2N2S/c9-5-1-2-6(7(10)3-5)8-4-13-12-11-8/h1-4H. The van der Waals surface area contributed by atoms with Gasteiger partial charge in [0, 0.05) is 17.0 Å². The molecule has 1 heterocycles. The Hall–Kier alpha value is -1.36. The molecule has 1 aromatic heterocycles. The van der Waals surface area contributed by atoms with E-state index in [1.807, 2.05) is 0 Å². The molecular weight excluding hydrogens is 194 g/mol. The van der Waals surface area contributed by atoms with Gasteiger partial charge in [-0.3, -0.25) is 0 Å². The minimum atomic E-state index is -0.618. The number of hydrogen-bond acceptors (Lipinski definition) is 3. The summed E-state index contributed by atoms with van der Waals surface area (Å²) in [5, 5.41) is 5.29. The highest BCUT2D eigenvalue weighted by Gasteiger charge is 2.07. The van der Waals surface area contributed by atoms with Crippen molar-refractivity contribution in [1.29, 1.82) is 0 Å². The maximum atomic E-state index is 13.1. The molecule has 66 valence electrons. The third-order valence-corrected chi connectivity index (χ3v) is 2.07. The Labute approximate surface area is 77.0 Å². The minimum absolute atomic E-state index is 0.273. The van der Waals surface area contributed by atoms with Gasteiger partial charge in [-0.05, 0) is 23.7 Å². The first-order chi connectivity index (χ1) is 6.27. The van der Waals surface area contributed by atoms with Crippen LogP contribution in [0.4, 0.5) is 8.78 Å². The zero-order valence-corrected chi connectivity index (χ0v) is 7.18. The van der Waals surface area contributed by atoms with Crippen molar-refractivity contribution in [3.05, 3.63) is 35.2 Å². The minimum Gasteiger partial charge on any atom is -0.207 e. The maximum Gasteiger partial charge on any atom is 0.135 e. The molecule has 0 spiro atoms. The fraction of sp³-hybridized carbons (Fsp3) is 0. The Kier molecular flexibility index (Phi) is 2.02. The van der Waals surface area contributed by atoms with E-state index in [1.165, 1.54) is 12.1 Å². The van der Waals surface area contributed by atoms with Crippen LogP contribution >= 0.6 is 11.5 Å². The van der Waals surface area contributed by atoms with Crippen LogP contribution in [0.2, 0.25) is 0 Å². The van der Waals surface area contributed by atoms with Crippen molar-refractivity contribution in [2.45, 2.75) is 0 Å². The summed E-state index contributed by atoms with van der Waals surface area (Å²) in [6, 6.07) is 3.37.